The van der Waals surface area contributed by atoms with Gasteiger partial charge in [-0.25, -0.2) is 5.06 Å². The Balaban J connectivity index is 2.10. The Morgan fingerprint density at radius 3 is 2.62 bits per heavy atom. The lowest BCUT2D eigenvalue weighted by molar-refractivity contribution is -0.201. The van der Waals surface area contributed by atoms with Gasteiger partial charge in [-0.3, -0.25) is 9.63 Å². The Morgan fingerprint density at radius 1 is 1.38 bits per heavy atom. The van der Waals surface area contributed by atoms with Gasteiger partial charge in [-0.2, -0.15) is 0 Å². The van der Waals surface area contributed by atoms with Gasteiger partial charge < -0.3 is 0 Å². The lowest BCUT2D eigenvalue weighted by Gasteiger charge is -2.36. The number of hydrogen-bond donors (Lipinski definition) is 0. The van der Waals surface area contributed by atoms with Gasteiger partial charge in [0.05, 0.1) is 19.6 Å². The average molecular weight is 177 g/mol. The minimum absolute atomic E-state index is 0.00106. The topological polar surface area (TPSA) is 29.5 Å². The molecule has 0 N–H and O–H groups in total. The van der Waals surface area contributed by atoms with Crippen LogP contribution in [0.1, 0.15) is 11.5 Å². The van der Waals surface area contributed by atoms with E-state index in [0.29, 0.717) is 6.54 Å². The van der Waals surface area contributed by atoms with E-state index in [-0.39, 0.29) is 11.8 Å². The highest BCUT2D eigenvalue weighted by atomic mass is 16.7. The number of hydrogen-bond acceptors (Lipinski definition) is 2. The maximum absolute atomic E-state index is 11.4. The molecule has 1 atom stereocenters. The van der Waals surface area contributed by atoms with Gasteiger partial charge in [0.2, 0.25) is 0 Å². The smallest absolute Gasteiger partial charge is 0.255 e. The molecule has 1 fully saturated rings. The van der Waals surface area contributed by atoms with Gasteiger partial charge in [0, 0.05) is 0 Å². The van der Waals surface area contributed by atoms with Crippen molar-refractivity contribution >= 4 is 5.91 Å². The van der Waals surface area contributed by atoms with Crippen LogP contribution in [-0.4, -0.2) is 24.6 Å². The average Bonchev–Trinajstić information content (AvgIpc) is 2.18. The standard InChI is InChI=1S/C10H11NO2/c1-13-11-7-9(10(11)12)8-5-3-2-4-6-8/h2-6,9H,7H2,1H3. The molecule has 0 saturated carbocycles. The molecular weight excluding hydrogens is 166 g/mol. The molecule has 0 aliphatic carbocycles. The summed E-state index contributed by atoms with van der Waals surface area (Å²) in [5.41, 5.74) is 1.07. The number of hydroxylamine groups is 2. The van der Waals surface area contributed by atoms with Gasteiger partial charge in [0.15, 0.2) is 0 Å². The zero-order valence-corrected chi connectivity index (χ0v) is 7.43. The van der Waals surface area contributed by atoms with E-state index >= 15 is 0 Å². The predicted molar refractivity (Wildman–Crippen MR) is 47.9 cm³/mol. The second-order valence-electron chi connectivity index (χ2n) is 3.05. The maximum atomic E-state index is 11.4. The van der Waals surface area contributed by atoms with E-state index < -0.39 is 0 Å². The van der Waals surface area contributed by atoms with Crippen LogP contribution in [0.5, 0.6) is 0 Å². The second-order valence-corrected chi connectivity index (χ2v) is 3.05. The fourth-order valence-electron chi connectivity index (χ4n) is 1.49. The largest absolute Gasteiger partial charge is 0.274 e. The molecule has 1 heterocycles. The second kappa shape index (κ2) is 3.18. The Hall–Kier alpha value is -1.35. The first-order valence-corrected chi connectivity index (χ1v) is 4.23. The van der Waals surface area contributed by atoms with E-state index in [0.717, 1.165) is 5.56 Å². The number of nitrogens with zero attached hydrogens (tertiary/aromatic N) is 1. The first-order valence-electron chi connectivity index (χ1n) is 4.23. The Bertz CT molecular complexity index is 310. The molecule has 2 rings (SSSR count). The quantitative estimate of drug-likeness (QED) is 0.635. The normalized spacial score (nSPS) is 21.5. The van der Waals surface area contributed by atoms with Crippen LogP contribution in [0, 0.1) is 0 Å². The minimum atomic E-state index is 0.00106. The van der Waals surface area contributed by atoms with Crippen molar-refractivity contribution < 1.29 is 9.63 Å². The van der Waals surface area contributed by atoms with Gasteiger partial charge in [-0.15, -0.1) is 0 Å². The molecule has 3 heteroatoms. The van der Waals surface area contributed by atoms with Crippen LogP contribution in [-0.2, 0) is 9.63 Å². The molecule has 13 heavy (non-hydrogen) atoms. The van der Waals surface area contributed by atoms with Crippen molar-refractivity contribution in [3.63, 3.8) is 0 Å². The van der Waals surface area contributed by atoms with Crippen LogP contribution in [0.25, 0.3) is 0 Å². The number of carbonyl (C=O) groups excluding carboxylic acids is 1. The van der Waals surface area contributed by atoms with Crippen LogP contribution in [0.3, 0.4) is 0 Å². The monoisotopic (exact) mass is 177 g/mol. The molecule has 1 aromatic carbocycles. The third-order valence-corrected chi connectivity index (χ3v) is 2.31. The molecular formula is C10H11NO2. The van der Waals surface area contributed by atoms with Crippen molar-refractivity contribution in [1.29, 1.82) is 0 Å². The molecule has 1 unspecified atom stereocenters. The molecule has 68 valence electrons. The van der Waals surface area contributed by atoms with Crippen LogP contribution in [0.4, 0.5) is 0 Å². The summed E-state index contributed by atoms with van der Waals surface area (Å²) in [5, 5.41) is 1.37. The minimum Gasteiger partial charge on any atom is -0.274 e. The molecule has 1 aliphatic rings. The van der Waals surface area contributed by atoms with Gasteiger partial charge in [-0.1, -0.05) is 30.3 Å². The zero-order chi connectivity index (χ0) is 9.26. The van der Waals surface area contributed by atoms with Gasteiger partial charge in [-0.05, 0) is 5.56 Å². The number of benzene rings is 1. The lowest BCUT2D eigenvalue weighted by Crippen LogP contribution is -2.49. The summed E-state index contributed by atoms with van der Waals surface area (Å²) in [4.78, 5) is 16.2. The summed E-state index contributed by atoms with van der Waals surface area (Å²) in [7, 11) is 1.51. The van der Waals surface area contributed by atoms with Gasteiger partial charge >= 0.3 is 0 Å². The Morgan fingerprint density at radius 2 is 2.08 bits per heavy atom. The summed E-state index contributed by atoms with van der Waals surface area (Å²) >= 11 is 0. The molecule has 1 saturated heterocycles. The summed E-state index contributed by atoms with van der Waals surface area (Å²) in [6.45, 7) is 0.666. The number of rotatable bonds is 2. The van der Waals surface area contributed by atoms with Crippen LogP contribution < -0.4 is 0 Å². The summed E-state index contributed by atoms with van der Waals surface area (Å²) < 4.78 is 0. The summed E-state index contributed by atoms with van der Waals surface area (Å²) in [6.07, 6.45) is 0. The third-order valence-electron chi connectivity index (χ3n) is 2.31. The number of β-lactam (4-membered cyclic amide) rings is 1. The van der Waals surface area contributed by atoms with Crippen molar-refractivity contribution in [2.24, 2.45) is 0 Å². The zero-order valence-electron chi connectivity index (χ0n) is 7.43. The molecule has 3 nitrogen and oxygen atoms in total. The molecule has 1 aromatic rings. The molecule has 0 aromatic heterocycles. The Kier molecular flexibility index (Phi) is 2.02. The highest BCUT2D eigenvalue weighted by molar-refractivity contribution is 5.88. The Labute approximate surface area is 76.9 Å². The maximum Gasteiger partial charge on any atom is 0.255 e. The van der Waals surface area contributed by atoms with Crippen LogP contribution in [0.2, 0.25) is 0 Å². The van der Waals surface area contributed by atoms with E-state index in [1.165, 1.54) is 12.2 Å². The number of carbonyl (C=O) groups is 1. The van der Waals surface area contributed by atoms with Crippen LogP contribution in [0.15, 0.2) is 30.3 Å². The third kappa shape index (κ3) is 1.31. The van der Waals surface area contributed by atoms with Gasteiger partial charge in [0.1, 0.15) is 0 Å². The molecule has 0 radical (unpaired) electrons. The van der Waals surface area contributed by atoms with Crippen molar-refractivity contribution in [2.75, 3.05) is 13.7 Å². The fraction of sp³-hybridized carbons (Fsp3) is 0.300. The van der Waals surface area contributed by atoms with Crippen LogP contribution >= 0.6 is 0 Å². The molecule has 1 amide bonds. The van der Waals surface area contributed by atoms with E-state index in [2.05, 4.69) is 0 Å². The highest BCUT2D eigenvalue weighted by Crippen LogP contribution is 2.27. The van der Waals surface area contributed by atoms with E-state index in [1.807, 2.05) is 30.3 Å². The summed E-state index contributed by atoms with van der Waals surface area (Å²) in [6, 6.07) is 9.77. The van der Waals surface area contributed by atoms with Crippen molar-refractivity contribution in [1.82, 2.24) is 5.06 Å². The SMILES string of the molecule is CON1CC(c2ccccc2)C1=O. The van der Waals surface area contributed by atoms with E-state index in [1.54, 1.807) is 0 Å². The molecule has 0 bridgehead atoms. The highest BCUT2D eigenvalue weighted by Gasteiger charge is 2.38. The van der Waals surface area contributed by atoms with Crippen molar-refractivity contribution in [3.8, 4) is 0 Å². The van der Waals surface area contributed by atoms with Crippen molar-refractivity contribution in [2.45, 2.75) is 5.92 Å². The number of amides is 1. The fourth-order valence-corrected chi connectivity index (χ4v) is 1.49. The molecule has 1 aliphatic heterocycles. The van der Waals surface area contributed by atoms with Crippen molar-refractivity contribution in [3.05, 3.63) is 35.9 Å². The summed E-state index contributed by atoms with van der Waals surface area (Å²) in [5.74, 6) is 0.0508. The first-order chi connectivity index (χ1) is 6.33. The predicted octanol–water partition coefficient (Wildman–Crippen LogP) is 1.17. The van der Waals surface area contributed by atoms with E-state index in [9.17, 15) is 4.79 Å². The first kappa shape index (κ1) is 8.26. The lowest BCUT2D eigenvalue weighted by atomic mass is 9.92. The van der Waals surface area contributed by atoms with Gasteiger partial charge in [0.25, 0.3) is 5.91 Å². The van der Waals surface area contributed by atoms with E-state index in [4.69, 9.17) is 4.84 Å². The molecule has 0 spiro atoms.